The molecule has 6 nitrogen and oxygen atoms in total. The summed E-state index contributed by atoms with van der Waals surface area (Å²) in [6.45, 7) is 5.96. The molecule has 0 bridgehead atoms. The van der Waals surface area contributed by atoms with Crippen LogP contribution in [0.5, 0.6) is 0 Å². The largest absolute Gasteiger partial charge is 0.374 e. The maximum Gasteiger partial charge on any atom is 0.228 e. The van der Waals surface area contributed by atoms with Crippen LogP contribution >= 0.6 is 0 Å². The Labute approximate surface area is 185 Å². The molecule has 164 valence electrons. The van der Waals surface area contributed by atoms with E-state index in [9.17, 15) is 4.79 Å². The number of rotatable bonds is 6. The molecule has 0 unspecified atom stereocenters. The topological polar surface area (TPSA) is 60.2 Å². The molecule has 4 rings (SSSR count). The minimum Gasteiger partial charge on any atom is -0.374 e. The number of aromatic nitrogens is 3. The van der Waals surface area contributed by atoms with Crippen LogP contribution in [0.2, 0.25) is 0 Å². The number of ether oxygens (including phenoxy) is 1. The number of likely N-dealkylation sites (tertiary alicyclic amines) is 1. The third kappa shape index (κ3) is 5.54. The van der Waals surface area contributed by atoms with Crippen LogP contribution in [0, 0.1) is 17.8 Å². The number of benzene rings is 1. The molecule has 2 aromatic rings. The Balaban J connectivity index is 1.26. The summed E-state index contributed by atoms with van der Waals surface area (Å²) in [5, 5.41) is 8.47. The van der Waals surface area contributed by atoms with Crippen molar-refractivity contribution in [2.45, 2.75) is 70.6 Å². The summed E-state index contributed by atoms with van der Waals surface area (Å²) < 4.78 is 8.16. The maximum atomic E-state index is 12.7. The van der Waals surface area contributed by atoms with Crippen molar-refractivity contribution >= 4 is 5.91 Å². The molecular weight excluding hydrogens is 388 g/mol. The Kier molecular flexibility index (Phi) is 7.03. The van der Waals surface area contributed by atoms with Crippen LogP contribution in [0.15, 0.2) is 36.5 Å². The standard InChI is InChI=1S/C25H32N4O2/c1-19(29-18-22(26-27-29)12-8-11-21-9-4-3-5-10-21)17-23-13-14-24(31-23)20(2)25(30)28-15-6-7-16-28/h3-5,9-10,18-20,23-24H,6-7,11,13-17H2,1-2H3/t19-,20-,23+,24-/m1/s1. The normalized spacial score (nSPS) is 22.7. The molecule has 1 aromatic carbocycles. The first kappa shape index (κ1) is 21.6. The van der Waals surface area contributed by atoms with Gasteiger partial charge in [-0.15, -0.1) is 5.10 Å². The predicted molar refractivity (Wildman–Crippen MR) is 119 cm³/mol. The Morgan fingerprint density at radius 3 is 2.74 bits per heavy atom. The minimum absolute atomic E-state index is 0.0282. The van der Waals surface area contributed by atoms with E-state index in [0.29, 0.717) is 12.1 Å². The van der Waals surface area contributed by atoms with Gasteiger partial charge in [-0.1, -0.05) is 48.4 Å². The average molecular weight is 421 g/mol. The van der Waals surface area contributed by atoms with Crippen molar-refractivity contribution in [1.82, 2.24) is 19.9 Å². The summed E-state index contributed by atoms with van der Waals surface area (Å²) in [4.78, 5) is 14.7. The zero-order valence-electron chi connectivity index (χ0n) is 18.5. The lowest BCUT2D eigenvalue weighted by Gasteiger charge is -2.25. The molecule has 0 saturated carbocycles. The molecule has 6 heteroatoms. The van der Waals surface area contributed by atoms with Crippen molar-refractivity contribution in [2.75, 3.05) is 13.1 Å². The second-order valence-corrected chi connectivity index (χ2v) is 8.83. The fourth-order valence-corrected chi connectivity index (χ4v) is 4.53. The van der Waals surface area contributed by atoms with Crippen LogP contribution in [-0.4, -0.2) is 51.1 Å². The Bertz CT molecular complexity index is 924. The van der Waals surface area contributed by atoms with Gasteiger partial charge in [-0.2, -0.15) is 0 Å². The number of amides is 1. The van der Waals surface area contributed by atoms with E-state index in [-0.39, 0.29) is 30.1 Å². The molecule has 0 radical (unpaired) electrons. The van der Waals surface area contributed by atoms with E-state index >= 15 is 0 Å². The van der Waals surface area contributed by atoms with Gasteiger partial charge >= 0.3 is 0 Å². The molecule has 3 heterocycles. The third-order valence-corrected chi connectivity index (χ3v) is 6.42. The van der Waals surface area contributed by atoms with Crippen LogP contribution in [-0.2, 0) is 16.0 Å². The van der Waals surface area contributed by atoms with Gasteiger partial charge in [0.2, 0.25) is 5.91 Å². The first-order valence-corrected chi connectivity index (χ1v) is 11.5. The van der Waals surface area contributed by atoms with Gasteiger partial charge in [-0.05, 0) is 50.5 Å². The summed E-state index contributed by atoms with van der Waals surface area (Å²) in [6, 6.07) is 10.4. The van der Waals surface area contributed by atoms with Crippen LogP contribution in [0.25, 0.3) is 0 Å². The highest BCUT2D eigenvalue weighted by Gasteiger charge is 2.36. The Hall–Kier alpha value is -2.65. The minimum atomic E-state index is -0.0590. The fourth-order valence-electron chi connectivity index (χ4n) is 4.53. The highest BCUT2D eigenvalue weighted by atomic mass is 16.5. The van der Waals surface area contributed by atoms with E-state index < -0.39 is 0 Å². The lowest BCUT2D eigenvalue weighted by Crippen LogP contribution is -2.38. The fraction of sp³-hybridized carbons (Fsp3) is 0.560. The van der Waals surface area contributed by atoms with E-state index in [1.807, 2.05) is 40.9 Å². The molecular formula is C25H32N4O2. The summed E-state index contributed by atoms with van der Waals surface area (Å²) in [5.41, 5.74) is 1.89. The molecule has 0 N–H and O–H groups in total. The highest BCUT2D eigenvalue weighted by Crippen LogP contribution is 2.31. The van der Waals surface area contributed by atoms with Crippen LogP contribution in [0.4, 0.5) is 0 Å². The van der Waals surface area contributed by atoms with Gasteiger partial charge in [0.05, 0.1) is 30.4 Å². The van der Waals surface area contributed by atoms with Crippen LogP contribution in [0.3, 0.4) is 0 Å². The third-order valence-electron chi connectivity index (χ3n) is 6.42. The van der Waals surface area contributed by atoms with E-state index in [2.05, 4.69) is 41.2 Å². The molecule has 0 aliphatic carbocycles. The zero-order valence-corrected chi connectivity index (χ0v) is 18.5. The molecule has 2 aliphatic rings. The second-order valence-electron chi connectivity index (χ2n) is 8.83. The SMILES string of the molecule is C[C@H](C[C@@H]1CC[C@H]([C@@H](C)C(=O)N2CCCC2)O1)n1cc(C#CCc2ccccc2)nn1. The number of nitrogens with zero attached hydrogens (tertiary/aromatic N) is 4. The first-order chi connectivity index (χ1) is 15.1. The van der Waals surface area contributed by atoms with Crippen molar-refractivity contribution in [3.8, 4) is 11.8 Å². The quantitative estimate of drug-likeness (QED) is 0.670. The molecule has 1 aromatic heterocycles. The van der Waals surface area contributed by atoms with Gasteiger partial charge in [0.25, 0.3) is 0 Å². The Morgan fingerprint density at radius 1 is 1.19 bits per heavy atom. The summed E-state index contributed by atoms with van der Waals surface area (Å²) in [7, 11) is 0. The monoisotopic (exact) mass is 420 g/mol. The first-order valence-electron chi connectivity index (χ1n) is 11.5. The molecule has 31 heavy (non-hydrogen) atoms. The summed E-state index contributed by atoms with van der Waals surface area (Å²) in [6.07, 6.45) is 7.86. The highest BCUT2D eigenvalue weighted by molar-refractivity contribution is 5.79. The van der Waals surface area contributed by atoms with E-state index in [1.165, 1.54) is 5.56 Å². The van der Waals surface area contributed by atoms with Crippen LogP contribution in [0.1, 0.15) is 63.3 Å². The van der Waals surface area contributed by atoms with Crippen LogP contribution < -0.4 is 0 Å². The number of carbonyl (C=O) groups excluding carboxylic acids is 1. The van der Waals surface area contributed by atoms with Crippen molar-refractivity contribution in [2.24, 2.45) is 5.92 Å². The number of carbonyl (C=O) groups is 1. The smallest absolute Gasteiger partial charge is 0.228 e. The van der Waals surface area contributed by atoms with Gasteiger partial charge in [-0.3, -0.25) is 4.79 Å². The second kappa shape index (κ2) is 10.1. The van der Waals surface area contributed by atoms with Crippen molar-refractivity contribution in [3.05, 3.63) is 47.8 Å². The molecule has 2 aliphatic heterocycles. The molecule has 1 amide bonds. The van der Waals surface area contributed by atoms with Gasteiger partial charge in [0.15, 0.2) is 5.69 Å². The molecule has 2 fully saturated rings. The zero-order chi connectivity index (χ0) is 21.6. The lowest BCUT2D eigenvalue weighted by molar-refractivity contribution is -0.138. The van der Waals surface area contributed by atoms with Gasteiger partial charge in [-0.25, -0.2) is 4.68 Å². The molecule has 2 saturated heterocycles. The van der Waals surface area contributed by atoms with Gasteiger partial charge in [0, 0.05) is 19.5 Å². The maximum absolute atomic E-state index is 12.7. The summed E-state index contributed by atoms with van der Waals surface area (Å²) in [5.74, 6) is 6.47. The van der Waals surface area contributed by atoms with Crippen molar-refractivity contribution < 1.29 is 9.53 Å². The van der Waals surface area contributed by atoms with E-state index in [1.54, 1.807) is 0 Å². The molecule has 0 spiro atoms. The van der Waals surface area contributed by atoms with Gasteiger partial charge in [0.1, 0.15) is 0 Å². The average Bonchev–Trinajstić information content (AvgIpc) is 3.55. The van der Waals surface area contributed by atoms with E-state index in [0.717, 1.165) is 45.2 Å². The number of hydrogen-bond donors (Lipinski definition) is 0. The van der Waals surface area contributed by atoms with Gasteiger partial charge < -0.3 is 9.64 Å². The predicted octanol–water partition coefficient (Wildman–Crippen LogP) is 3.63. The summed E-state index contributed by atoms with van der Waals surface area (Å²) >= 11 is 0. The lowest BCUT2D eigenvalue weighted by atomic mass is 9.99. The number of hydrogen-bond acceptors (Lipinski definition) is 4. The van der Waals surface area contributed by atoms with E-state index in [4.69, 9.17) is 4.74 Å². The molecule has 4 atom stereocenters. The van der Waals surface area contributed by atoms with Crippen molar-refractivity contribution in [3.63, 3.8) is 0 Å². The van der Waals surface area contributed by atoms with Crippen molar-refractivity contribution in [1.29, 1.82) is 0 Å². The Morgan fingerprint density at radius 2 is 1.97 bits per heavy atom.